The maximum absolute atomic E-state index is 13.8. The predicted octanol–water partition coefficient (Wildman–Crippen LogP) is 1.11. The number of halogens is 3. The number of benzene rings is 1. The van der Waals surface area contributed by atoms with Crippen molar-refractivity contribution in [3.05, 3.63) is 29.8 Å². The summed E-state index contributed by atoms with van der Waals surface area (Å²) in [4.78, 5) is 25.6. The average Bonchev–Trinajstić information content (AvgIpc) is 3.16. The first-order valence-electron chi connectivity index (χ1n) is 7.92. The molecule has 6 nitrogen and oxygen atoms in total. The van der Waals surface area contributed by atoms with Gasteiger partial charge >= 0.3 is 0 Å². The van der Waals surface area contributed by atoms with Gasteiger partial charge in [0, 0.05) is 13.1 Å². The van der Waals surface area contributed by atoms with Crippen LogP contribution in [0.2, 0.25) is 0 Å². The molecule has 0 aliphatic carbocycles. The summed E-state index contributed by atoms with van der Waals surface area (Å²) in [5.74, 6) is -2.53. The van der Waals surface area contributed by atoms with Crippen molar-refractivity contribution in [1.82, 2.24) is 5.32 Å². The van der Waals surface area contributed by atoms with E-state index in [1.807, 2.05) is 0 Å². The SMILES string of the molecule is Cl.NC[C@H]1CC[C@@H](C(=O)NC2CCN(c3c(F)cccc3F)C2=O)O1. The molecule has 0 saturated carbocycles. The fourth-order valence-corrected chi connectivity index (χ4v) is 3.12. The molecule has 2 saturated heterocycles. The van der Waals surface area contributed by atoms with Gasteiger partial charge in [0.1, 0.15) is 29.5 Å². The van der Waals surface area contributed by atoms with Crippen molar-refractivity contribution in [1.29, 1.82) is 0 Å². The number of para-hydroxylation sites is 1. The lowest BCUT2D eigenvalue weighted by Crippen LogP contribution is -2.46. The highest BCUT2D eigenvalue weighted by molar-refractivity contribution is 6.01. The Kier molecular flexibility index (Phi) is 6.31. The second-order valence-corrected chi connectivity index (χ2v) is 5.97. The van der Waals surface area contributed by atoms with Gasteiger partial charge in [0.25, 0.3) is 0 Å². The molecule has 2 heterocycles. The number of nitrogens with zero attached hydrogens (tertiary/aromatic N) is 1. The summed E-state index contributed by atoms with van der Waals surface area (Å²) in [5, 5.41) is 2.61. The molecule has 0 bridgehead atoms. The third-order valence-corrected chi connectivity index (χ3v) is 4.39. The van der Waals surface area contributed by atoms with E-state index in [1.165, 1.54) is 6.07 Å². The van der Waals surface area contributed by atoms with Crippen LogP contribution in [0.5, 0.6) is 0 Å². The zero-order valence-corrected chi connectivity index (χ0v) is 14.2. The Morgan fingerprint density at radius 3 is 2.56 bits per heavy atom. The van der Waals surface area contributed by atoms with Gasteiger partial charge in [-0.1, -0.05) is 6.07 Å². The molecule has 3 atom stereocenters. The van der Waals surface area contributed by atoms with Crippen LogP contribution in [0.3, 0.4) is 0 Å². The number of hydrogen-bond donors (Lipinski definition) is 2. The van der Waals surface area contributed by atoms with E-state index in [0.29, 0.717) is 19.4 Å². The molecule has 0 aromatic heterocycles. The number of amides is 2. The molecular weight excluding hydrogens is 356 g/mol. The molecule has 0 radical (unpaired) electrons. The van der Waals surface area contributed by atoms with E-state index < -0.39 is 29.7 Å². The molecular formula is C16H20ClF2N3O3. The minimum absolute atomic E-state index is 0. The summed E-state index contributed by atoms with van der Waals surface area (Å²) >= 11 is 0. The van der Waals surface area contributed by atoms with Crippen LogP contribution >= 0.6 is 12.4 Å². The molecule has 9 heteroatoms. The van der Waals surface area contributed by atoms with Gasteiger partial charge < -0.3 is 20.7 Å². The first kappa shape index (κ1) is 19.6. The Morgan fingerprint density at radius 1 is 1.28 bits per heavy atom. The van der Waals surface area contributed by atoms with Crippen molar-refractivity contribution in [3.8, 4) is 0 Å². The number of carbonyl (C=O) groups excluding carboxylic acids is 2. The molecule has 138 valence electrons. The minimum atomic E-state index is -0.808. The van der Waals surface area contributed by atoms with Crippen LogP contribution in [0.1, 0.15) is 19.3 Å². The van der Waals surface area contributed by atoms with Gasteiger partial charge in [-0.05, 0) is 31.4 Å². The fourth-order valence-electron chi connectivity index (χ4n) is 3.12. The summed E-state index contributed by atoms with van der Waals surface area (Å²) in [6.45, 7) is 0.477. The second-order valence-electron chi connectivity index (χ2n) is 5.97. The van der Waals surface area contributed by atoms with Gasteiger partial charge in [0.15, 0.2) is 0 Å². The highest BCUT2D eigenvalue weighted by Crippen LogP contribution is 2.28. The molecule has 25 heavy (non-hydrogen) atoms. The first-order chi connectivity index (χ1) is 11.5. The second kappa shape index (κ2) is 8.07. The first-order valence-corrected chi connectivity index (χ1v) is 7.92. The lowest BCUT2D eigenvalue weighted by atomic mass is 10.1. The quantitative estimate of drug-likeness (QED) is 0.825. The summed E-state index contributed by atoms with van der Waals surface area (Å²) in [7, 11) is 0. The van der Waals surface area contributed by atoms with Crippen molar-refractivity contribution in [2.24, 2.45) is 5.73 Å². The molecule has 3 rings (SSSR count). The lowest BCUT2D eigenvalue weighted by Gasteiger charge is -2.19. The number of rotatable bonds is 4. The number of carbonyl (C=O) groups is 2. The largest absolute Gasteiger partial charge is 0.364 e. The van der Waals surface area contributed by atoms with Gasteiger partial charge in [-0.25, -0.2) is 8.78 Å². The molecule has 1 unspecified atom stereocenters. The molecule has 3 N–H and O–H groups in total. The maximum Gasteiger partial charge on any atom is 0.249 e. The molecule has 1 aromatic carbocycles. The van der Waals surface area contributed by atoms with E-state index in [9.17, 15) is 18.4 Å². The van der Waals surface area contributed by atoms with E-state index in [0.717, 1.165) is 17.0 Å². The molecule has 2 aliphatic heterocycles. The molecule has 0 spiro atoms. The summed E-state index contributed by atoms with van der Waals surface area (Å²) in [6, 6.07) is 2.62. The van der Waals surface area contributed by atoms with Crippen molar-refractivity contribution in [2.45, 2.75) is 37.5 Å². The Bertz CT molecular complexity index is 641. The van der Waals surface area contributed by atoms with E-state index >= 15 is 0 Å². The van der Waals surface area contributed by atoms with Crippen LogP contribution in [0.4, 0.5) is 14.5 Å². The summed E-state index contributed by atoms with van der Waals surface area (Å²) < 4.78 is 33.2. The number of nitrogens with one attached hydrogen (secondary N) is 1. The minimum Gasteiger partial charge on any atom is -0.364 e. The van der Waals surface area contributed by atoms with Crippen LogP contribution in [-0.4, -0.2) is 43.2 Å². The van der Waals surface area contributed by atoms with Crippen LogP contribution in [0, 0.1) is 11.6 Å². The van der Waals surface area contributed by atoms with Crippen molar-refractivity contribution < 1.29 is 23.1 Å². The highest BCUT2D eigenvalue weighted by Gasteiger charge is 2.38. The van der Waals surface area contributed by atoms with Gasteiger partial charge in [-0.3, -0.25) is 9.59 Å². The van der Waals surface area contributed by atoms with Crippen LogP contribution in [0.15, 0.2) is 18.2 Å². The Balaban J connectivity index is 0.00000225. The third kappa shape index (κ3) is 3.91. The van der Waals surface area contributed by atoms with Crippen LogP contribution in [0.25, 0.3) is 0 Å². The topological polar surface area (TPSA) is 84.7 Å². The predicted molar refractivity (Wildman–Crippen MR) is 89.5 cm³/mol. The number of nitrogens with two attached hydrogens (primary N) is 1. The zero-order valence-electron chi connectivity index (χ0n) is 13.4. The Hall–Kier alpha value is -1.77. The summed E-state index contributed by atoms with van der Waals surface area (Å²) in [6.07, 6.45) is 0.737. The van der Waals surface area contributed by atoms with Crippen molar-refractivity contribution >= 4 is 29.9 Å². The van der Waals surface area contributed by atoms with Crippen LogP contribution < -0.4 is 16.0 Å². The lowest BCUT2D eigenvalue weighted by molar-refractivity contribution is -0.134. The smallest absolute Gasteiger partial charge is 0.249 e. The number of anilines is 1. The maximum atomic E-state index is 13.8. The highest BCUT2D eigenvalue weighted by atomic mass is 35.5. The normalized spacial score (nSPS) is 25.8. The Labute approximate surface area is 150 Å². The monoisotopic (exact) mass is 375 g/mol. The van der Waals surface area contributed by atoms with E-state index in [-0.39, 0.29) is 43.1 Å². The molecule has 2 aliphatic rings. The molecule has 2 amide bonds. The van der Waals surface area contributed by atoms with E-state index in [2.05, 4.69) is 5.32 Å². The van der Waals surface area contributed by atoms with E-state index in [1.54, 1.807) is 0 Å². The summed E-state index contributed by atoms with van der Waals surface area (Å²) in [5.41, 5.74) is 5.13. The van der Waals surface area contributed by atoms with Crippen LogP contribution in [-0.2, 0) is 14.3 Å². The third-order valence-electron chi connectivity index (χ3n) is 4.39. The van der Waals surface area contributed by atoms with Gasteiger partial charge in [0.05, 0.1) is 6.10 Å². The molecule has 2 fully saturated rings. The van der Waals surface area contributed by atoms with Gasteiger partial charge in [-0.2, -0.15) is 0 Å². The fraction of sp³-hybridized carbons (Fsp3) is 0.500. The number of hydrogen-bond acceptors (Lipinski definition) is 4. The zero-order chi connectivity index (χ0) is 17.3. The van der Waals surface area contributed by atoms with Crippen molar-refractivity contribution in [3.63, 3.8) is 0 Å². The number of ether oxygens (including phenoxy) is 1. The van der Waals surface area contributed by atoms with E-state index in [4.69, 9.17) is 10.5 Å². The Morgan fingerprint density at radius 2 is 1.96 bits per heavy atom. The van der Waals surface area contributed by atoms with Gasteiger partial charge in [0.2, 0.25) is 11.8 Å². The van der Waals surface area contributed by atoms with Crippen molar-refractivity contribution in [2.75, 3.05) is 18.0 Å². The average molecular weight is 376 g/mol. The van der Waals surface area contributed by atoms with Gasteiger partial charge in [-0.15, -0.1) is 12.4 Å². The molecule has 1 aromatic rings. The standard InChI is InChI=1S/C16H19F2N3O3.ClH/c17-10-2-1-3-11(18)14(10)21-7-6-12(16(21)23)20-15(22)13-5-4-9(8-19)24-13;/h1-3,9,12-13H,4-8,19H2,(H,20,22);1H/t9-,12?,13+;/m1./s1.